The number of nitrogens with one attached hydrogen (secondary N) is 2. The number of carbonyl (C=O) groups is 1. The van der Waals surface area contributed by atoms with E-state index in [0.29, 0.717) is 0 Å². The van der Waals surface area contributed by atoms with Crippen molar-refractivity contribution in [1.82, 2.24) is 5.32 Å². The summed E-state index contributed by atoms with van der Waals surface area (Å²) in [4.78, 5) is 11.9. The Morgan fingerprint density at radius 1 is 1.39 bits per heavy atom. The fourth-order valence-electron chi connectivity index (χ4n) is 2.60. The molecule has 0 spiro atoms. The van der Waals surface area contributed by atoms with Gasteiger partial charge in [-0.3, -0.25) is 10.1 Å². The zero-order valence-corrected chi connectivity index (χ0v) is 10.9. The van der Waals surface area contributed by atoms with Gasteiger partial charge in [0.05, 0.1) is 11.5 Å². The molecule has 18 heavy (non-hydrogen) atoms. The normalized spacial score (nSPS) is 29.2. The van der Waals surface area contributed by atoms with Gasteiger partial charge in [0.1, 0.15) is 6.23 Å². The number of hydrogen-bond donors (Lipinski definition) is 2. The van der Waals surface area contributed by atoms with E-state index in [-0.39, 0.29) is 18.2 Å². The van der Waals surface area contributed by atoms with Gasteiger partial charge in [-0.05, 0) is 38.0 Å². The quantitative estimate of drug-likeness (QED) is 0.796. The van der Waals surface area contributed by atoms with Gasteiger partial charge in [0.25, 0.3) is 0 Å². The van der Waals surface area contributed by atoms with Gasteiger partial charge >= 0.3 is 0 Å². The van der Waals surface area contributed by atoms with E-state index in [1.54, 1.807) is 0 Å². The average Bonchev–Trinajstić information content (AvgIpc) is 2.83. The van der Waals surface area contributed by atoms with Crippen molar-refractivity contribution in [3.05, 3.63) is 29.3 Å². The van der Waals surface area contributed by atoms with E-state index >= 15 is 0 Å². The lowest BCUT2D eigenvalue weighted by atomic mass is 9.85. The highest BCUT2D eigenvalue weighted by Gasteiger charge is 2.39. The molecule has 0 bridgehead atoms. The largest absolute Gasteiger partial charge is 0.354 e. The maximum Gasteiger partial charge on any atom is 0.234 e. The molecule has 0 radical (unpaired) electrons. The van der Waals surface area contributed by atoms with Crippen LogP contribution in [0.25, 0.3) is 0 Å². The molecule has 0 aliphatic carbocycles. The lowest BCUT2D eigenvalue weighted by molar-refractivity contribution is -0.119. The fourth-order valence-corrected chi connectivity index (χ4v) is 2.60. The number of hydrogen-bond acceptors (Lipinski definition) is 3. The number of benzene rings is 1. The molecule has 2 N–H and O–H groups in total. The molecule has 2 unspecified atom stereocenters. The van der Waals surface area contributed by atoms with E-state index in [1.807, 2.05) is 32.9 Å². The summed E-state index contributed by atoms with van der Waals surface area (Å²) in [6, 6.07) is 6.10. The Balaban J connectivity index is 1.97. The van der Waals surface area contributed by atoms with Gasteiger partial charge in [-0.2, -0.15) is 0 Å². The Labute approximate surface area is 107 Å². The first-order valence-electron chi connectivity index (χ1n) is 6.33. The standard InChI is InChI=1S/C14H18N2O2/c1-8-15-7-12(18-8)9-4-5-11-10(6-9)14(2,3)13(17)16-11/h4-6,8,12,15H,7H2,1-3H3,(H,16,17). The Hall–Kier alpha value is -1.39. The molecule has 96 valence electrons. The molecule has 1 aromatic rings. The van der Waals surface area contributed by atoms with E-state index in [4.69, 9.17) is 4.74 Å². The topological polar surface area (TPSA) is 50.4 Å². The van der Waals surface area contributed by atoms with Crippen LogP contribution in [0.3, 0.4) is 0 Å². The van der Waals surface area contributed by atoms with Gasteiger partial charge in [0.2, 0.25) is 5.91 Å². The number of rotatable bonds is 1. The van der Waals surface area contributed by atoms with Gasteiger partial charge in [0, 0.05) is 12.2 Å². The van der Waals surface area contributed by atoms with E-state index in [0.717, 1.165) is 23.4 Å². The van der Waals surface area contributed by atoms with E-state index in [2.05, 4.69) is 16.7 Å². The summed E-state index contributed by atoms with van der Waals surface area (Å²) >= 11 is 0. The molecule has 2 heterocycles. The minimum atomic E-state index is -0.455. The second kappa shape index (κ2) is 3.80. The molecule has 1 aromatic carbocycles. The van der Waals surface area contributed by atoms with Crippen LogP contribution in [0, 0.1) is 0 Å². The van der Waals surface area contributed by atoms with Crippen molar-refractivity contribution in [1.29, 1.82) is 0 Å². The molecular formula is C14H18N2O2. The predicted molar refractivity (Wildman–Crippen MR) is 69.4 cm³/mol. The third kappa shape index (κ3) is 1.64. The smallest absolute Gasteiger partial charge is 0.234 e. The van der Waals surface area contributed by atoms with Crippen LogP contribution in [0.2, 0.25) is 0 Å². The Morgan fingerprint density at radius 3 is 2.83 bits per heavy atom. The van der Waals surface area contributed by atoms with Crippen LogP contribution in [0.1, 0.15) is 38.0 Å². The summed E-state index contributed by atoms with van der Waals surface area (Å²) in [7, 11) is 0. The summed E-state index contributed by atoms with van der Waals surface area (Å²) in [6.07, 6.45) is 0.174. The van der Waals surface area contributed by atoms with Crippen LogP contribution in [-0.2, 0) is 14.9 Å². The Kier molecular flexibility index (Phi) is 2.47. The van der Waals surface area contributed by atoms with Gasteiger partial charge < -0.3 is 10.1 Å². The SMILES string of the molecule is CC1NCC(c2ccc3c(c2)C(C)(C)C(=O)N3)O1. The maximum absolute atomic E-state index is 11.9. The average molecular weight is 246 g/mol. The lowest BCUT2D eigenvalue weighted by Crippen LogP contribution is -2.27. The van der Waals surface area contributed by atoms with Crippen molar-refractivity contribution >= 4 is 11.6 Å². The molecule has 4 nitrogen and oxygen atoms in total. The molecule has 2 aliphatic rings. The fraction of sp³-hybridized carbons (Fsp3) is 0.500. The summed E-state index contributed by atoms with van der Waals surface area (Å²) in [6.45, 7) is 6.73. The van der Waals surface area contributed by atoms with E-state index in [1.165, 1.54) is 0 Å². The summed E-state index contributed by atoms with van der Waals surface area (Å²) < 4.78 is 5.79. The zero-order chi connectivity index (χ0) is 12.9. The molecule has 0 saturated carbocycles. The number of anilines is 1. The van der Waals surface area contributed by atoms with Crippen molar-refractivity contribution in [2.24, 2.45) is 0 Å². The third-order valence-corrected chi connectivity index (χ3v) is 3.86. The molecule has 1 amide bonds. The van der Waals surface area contributed by atoms with E-state index < -0.39 is 5.41 Å². The Morgan fingerprint density at radius 2 is 2.17 bits per heavy atom. The second-order valence-corrected chi connectivity index (χ2v) is 5.56. The van der Waals surface area contributed by atoms with Crippen molar-refractivity contribution in [2.45, 2.75) is 38.5 Å². The highest BCUT2D eigenvalue weighted by Crippen LogP contribution is 2.39. The van der Waals surface area contributed by atoms with Crippen LogP contribution < -0.4 is 10.6 Å². The van der Waals surface area contributed by atoms with Crippen molar-refractivity contribution in [2.75, 3.05) is 11.9 Å². The molecule has 0 aromatic heterocycles. The predicted octanol–water partition coefficient (Wildman–Crippen LogP) is 1.92. The summed E-state index contributed by atoms with van der Waals surface area (Å²) in [5.41, 5.74) is 2.67. The molecular weight excluding hydrogens is 228 g/mol. The first-order chi connectivity index (χ1) is 8.48. The number of carbonyl (C=O) groups excluding carboxylic acids is 1. The van der Waals surface area contributed by atoms with Crippen LogP contribution in [-0.4, -0.2) is 18.7 Å². The molecule has 2 aliphatic heterocycles. The molecule has 1 saturated heterocycles. The van der Waals surface area contributed by atoms with Crippen LogP contribution in [0.15, 0.2) is 18.2 Å². The van der Waals surface area contributed by atoms with Crippen molar-refractivity contribution in [3.8, 4) is 0 Å². The minimum absolute atomic E-state index is 0.0634. The maximum atomic E-state index is 11.9. The minimum Gasteiger partial charge on any atom is -0.354 e. The zero-order valence-electron chi connectivity index (χ0n) is 10.9. The van der Waals surface area contributed by atoms with Gasteiger partial charge in [-0.15, -0.1) is 0 Å². The first kappa shape index (κ1) is 11.7. The van der Waals surface area contributed by atoms with Gasteiger partial charge in [0.15, 0.2) is 0 Å². The second-order valence-electron chi connectivity index (χ2n) is 5.56. The molecule has 4 heteroatoms. The number of amides is 1. The molecule has 1 fully saturated rings. The Bertz CT molecular complexity index is 511. The van der Waals surface area contributed by atoms with Crippen LogP contribution in [0.4, 0.5) is 5.69 Å². The first-order valence-corrected chi connectivity index (χ1v) is 6.33. The lowest BCUT2D eigenvalue weighted by Gasteiger charge is -2.17. The van der Waals surface area contributed by atoms with Crippen molar-refractivity contribution < 1.29 is 9.53 Å². The highest BCUT2D eigenvalue weighted by molar-refractivity contribution is 6.05. The van der Waals surface area contributed by atoms with Gasteiger partial charge in [-0.1, -0.05) is 12.1 Å². The van der Waals surface area contributed by atoms with Gasteiger partial charge in [-0.25, -0.2) is 0 Å². The van der Waals surface area contributed by atoms with E-state index in [9.17, 15) is 4.79 Å². The molecule has 2 atom stereocenters. The highest BCUT2D eigenvalue weighted by atomic mass is 16.5. The number of fused-ring (bicyclic) bond motifs is 1. The third-order valence-electron chi connectivity index (χ3n) is 3.86. The molecule has 3 rings (SSSR count). The van der Waals surface area contributed by atoms with Crippen molar-refractivity contribution in [3.63, 3.8) is 0 Å². The summed E-state index contributed by atoms with van der Waals surface area (Å²) in [5, 5.41) is 6.18. The van der Waals surface area contributed by atoms with Crippen LogP contribution >= 0.6 is 0 Å². The number of ether oxygens (including phenoxy) is 1. The monoisotopic (exact) mass is 246 g/mol. The van der Waals surface area contributed by atoms with Crippen LogP contribution in [0.5, 0.6) is 0 Å². The summed E-state index contributed by atoms with van der Waals surface area (Å²) in [5.74, 6) is 0.0634.